The van der Waals surface area contributed by atoms with E-state index < -0.39 is 5.97 Å². The first-order valence-electron chi connectivity index (χ1n) is 8.69. The fourth-order valence-corrected chi connectivity index (χ4v) is 3.04. The zero-order chi connectivity index (χ0) is 19.6. The molecule has 0 aliphatic heterocycles. The second-order valence-electron chi connectivity index (χ2n) is 6.55. The third-order valence-corrected chi connectivity index (χ3v) is 4.40. The summed E-state index contributed by atoms with van der Waals surface area (Å²) in [5.74, 6) is -0.829. The first-order chi connectivity index (χ1) is 13.0. The minimum absolute atomic E-state index is 0.0932. The molecule has 138 valence electrons. The number of rotatable bonds is 5. The lowest BCUT2D eigenvalue weighted by atomic mass is 9.97. The number of aromatic nitrogens is 3. The number of aryl methyl sites for hydroxylation is 1. The van der Waals surface area contributed by atoms with Crippen molar-refractivity contribution in [3.8, 4) is 5.69 Å². The molecule has 6 heteroatoms. The lowest BCUT2D eigenvalue weighted by Crippen LogP contribution is -2.17. The summed E-state index contributed by atoms with van der Waals surface area (Å²) in [4.78, 5) is 25.5. The van der Waals surface area contributed by atoms with Gasteiger partial charge < -0.3 is 4.74 Å². The molecule has 0 amide bonds. The number of nitrogens with zero attached hydrogens (tertiary/aromatic N) is 3. The summed E-state index contributed by atoms with van der Waals surface area (Å²) in [6, 6.07) is 14.7. The lowest BCUT2D eigenvalue weighted by molar-refractivity contribution is 0.0590. The number of ketones is 1. The Morgan fingerprint density at radius 2 is 1.74 bits per heavy atom. The van der Waals surface area contributed by atoms with E-state index in [1.165, 1.54) is 11.8 Å². The van der Waals surface area contributed by atoms with Crippen LogP contribution in [0.15, 0.2) is 48.5 Å². The van der Waals surface area contributed by atoms with Crippen LogP contribution in [-0.2, 0) is 4.74 Å². The van der Waals surface area contributed by atoms with E-state index in [4.69, 9.17) is 4.74 Å². The minimum atomic E-state index is -0.694. The summed E-state index contributed by atoms with van der Waals surface area (Å²) >= 11 is 0. The monoisotopic (exact) mass is 363 g/mol. The molecule has 27 heavy (non-hydrogen) atoms. The summed E-state index contributed by atoms with van der Waals surface area (Å²) in [7, 11) is 1.26. The first-order valence-corrected chi connectivity index (χ1v) is 8.69. The van der Waals surface area contributed by atoms with Gasteiger partial charge in [0.25, 0.3) is 0 Å². The maximum atomic E-state index is 13.2. The van der Waals surface area contributed by atoms with Gasteiger partial charge in [-0.1, -0.05) is 67.6 Å². The molecule has 0 saturated carbocycles. The first kappa shape index (κ1) is 18.5. The molecular formula is C21H21N3O3. The van der Waals surface area contributed by atoms with Crippen LogP contribution >= 0.6 is 0 Å². The fourth-order valence-electron chi connectivity index (χ4n) is 3.04. The summed E-state index contributed by atoms with van der Waals surface area (Å²) < 4.78 is 6.28. The molecule has 3 rings (SSSR count). The second kappa shape index (κ2) is 7.53. The van der Waals surface area contributed by atoms with Crippen LogP contribution in [0, 0.1) is 6.92 Å². The second-order valence-corrected chi connectivity index (χ2v) is 6.55. The quantitative estimate of drug-likeness (QED) is 0.510. The van der Waals surface area contributed by atoms with E-state index in [-0.39, 0.29) is 23.1 Å². The molecule has 0 N–H and O–H groups in total. The van der Waals surface area contributed by atoms with Crippen molar-refractivity contribution >= 4 is 11.8 Å². The van der Waals surface area contributed by atoms with Crippen LogP contribution in [0.25, 0.3) is 5.69 Å². The van der Waals surface area contributed by atoms with Gasteiger partial charge in [0, 0.05) is 5.56 Å². The van der Waals surface area contributed by atoms with Crippen molar-refractivity contribution in [1.29, 1.82) is 0 Å². The van der Waals surface area contributed by atoms with E-state index in [2.05, 4.69) is 24.2 Å². The standard InChI is InChI=1S/C21H21N3O3/c1-13(2)16-12-8-9-14(3)18(16)24-19(17(22-23-24)21(26)27-4)20(25)15-10-6-5-7-11-15/h5-13H,1-4H3. The summed E-state index contributed by atoms with van der Waals surface area (Å²) in [5.41, 5.74) is 3.16. The largest absolute Gasteiger partial charge is 0.464 e. The van der Waals surface area contributed by atoms with Gasteiger partial charge >= 0.3 is 5.97 Å². The number of hydrogen-bond donors (Lipinski definition) is 0. The van der Waals surface area contributed by atoms with Crippen molar-refractivity contribution < 1.29 is 14.3 Å². The van der Waals surface area contributed by atoms with E-state index in [0.29, 0.717) is 5.56 Å². The Kier molecular flexibility index (Phi) is 5.16. The average Bonchev–Trinajstić information content (AvgIpc) is 3.11. The van der Waals surface area contributed by atoms with Gasteiger partial charge in [-0.05, 0) is 24.0 Å². The van der Waals surface area contributed by atoms with Crippen LogP contribution in [0.3, 0.4) is 0 Å². The van der Waals surface area contributed by atoms with Crippen LogP contribution < -0.4 is 0 Å². The zero-order valence-electron chi connectivity index (χ0n) is 15.8. The van der Waals surface area contributed by atoms with Gasteiger partial charge in [0.05, 0.1) is 12.8 Å². The molecule has 0 aliphatic carbocycles. The maximum Gasteiger partial charge on any atom is 0.361 e. The maximum absolute atomic E-state index is 13.2. The van der Waals surface area contributed by atoms with Crippen molar-refractivity contribution in [2.75, 3.05) is 7.11 Å². The smallest absolute Gasteiger partial charge is 0.361 e. The lowest BCUT2D eigenvalue weighted by Gasteiger charge is -2.16. The highest BCUT2D eigenvalue weighted by Crippen LogP contribution is 2.28. The van der Waals surface area contributed by atoms with Gasteiger partial charge in [0.2, 0.25) is 11.5 Å². The number of methoxy groups -OCH3 is 1. The molecule has 0 fully saturated rings. The molecule has 1 aromatic heterocycles. The van der Waals surface area contributed by atoms with Crippen LogP contribution in [0.4, 0.5) is 0 Å². The molecule has 0 unspecified atom stereocenters. The number of benzene rings is 2. The van der Waals surface area contributed by atoms with Gasteiger partial charge in [0.1, 0.15) is 5.69 Å². The minimum Gasteiger partial charge on any atom is -0.464 e. The van der Waals surface area contributed by atoms with Gasteiger partial charge in [-0.25, -0.2) is 9.48 Å². The topological polar surface area (TPSA) is 74.1 Å². The summed E-state index contributed by atoms with van der Waals surface area (Å²) in [6.07, 6.45) is 0. The molecule has 0 saturated heterocycles. The number of carbonyl (C=O) groups is 2. The molecule has 2 aromatic carbocycles. The zero-order valence-corrected chi connectivity index (χ0v) is 15.8. The van der Waals surface area contributed by atoms with Gasteiger partial charge in [-0.15, -0.1) is 5.10 Å². The molecular weight excluding hydrogens is 342 g/mol. The predicted molar refractivity (Wildman–Crippen MR) is 101 cm³/mol. The Morgan fingerprint density at radius 1 is 1.04 bits per heavy atom. The third-order valence-electron chi connectivity index (χ3n) is 4.40. The number of esters is 1. The van der Waals surface area contributed by atoms with Crippen LogP contribution in [0.2, 0.25) is 0 Å². The van der Waals surface area contributed by atoms with Crippen LogP contribution in [-0.4, -0.2) is 33.9 Å². The molecule has 0 aliphatic rings. The van der Waals surface area contributed by atoms with Gasteiger partial charge in [-0.3, -0.25) is 4.79 Å². The van der Waals surface area contributed by atoms with Crippen molar-refractivity contribution in [2.24, 2.45) is 0 Å². The SMILES string of the molecule is COC(=O)c1nnn(-c2c(C)cccc2C(C)C)c1C(=O)c1ccccc1. The fraction of sp³-hybridized carbons (Fsp3) is 0.238. The Hall–Kier alpha value is -3.28. The molecule has 0 bridgehead atoms. The average molecular weight is 363 g/mol. The van der Waals surface area contributed by atoms with Crippen molar-refractivity contribution in [2.45, 2.75) is 26.7 Å². The Balaban J connectivity index is 2.29. The van der Waals surface area contributed by atoms with Crippen molar-refractivity contribution in [3.05, 3.63) is 76.6 Å². The molecule has 0 spiro atoms. The Bertz CT molecular complexity index is 991. The van der Waals surface area contributed by atoms with Crippen molar-refractivity contribution in [3.63, 3.8) is 0 Å². The van der Waals surface area contributed by atoms with E-state index >= 15 is 0 Å². The Morgan fingerprint density at radius 3 is 2.37 bits per heavy atom. The number of hydrogen-bond acceptors (Lipinski definition) is 5. The molecule has 0 atom stereocenters. The van der Waals surface area contributed by atoms with Crippen LogP contribution in [0.5, 0.6) is 0 Å². The van der Waals surface area contributed by atoms with Gasteiger partial charge in [-0.2, -0.15) is 0 Å². The third kappa shape index (κ3) is 3.38. The van der Waals surface area contributed by atoms with E-state index in [1.54, 1.807) is 24.3 Å². The summed E-state index contributed by atoms with van der Waals surface area (Å²) in [5, 5.41) is 8.12. The highest BCUT2D eigenvalue weighted by molar-refractivity contribution is 6.13. The highest BCUT2D eigenvalue weighted by atomic mass is 16.5. The molecule has 6 nitrogen and oxygen atoms in total. The number of ether oxygens (including phenoxy) is 1. The molecule has 0 radical (unpaired) electrons. The van der Waals surface area contributed by atoms with Crippen LogP contribution in [0.1, 0.15) is 57.4 Å². The van der Waals surface area contributed by atoms with E-state index in [0.717, 1.165) is 16.8 Å². The normalized spacial score (nSPS) is 10.9. The molecule has 3 aromatic rings. The number of para-hydroxylation sites is 1. The van der Waals surface area contributed by atoms with E-state index in [1.807, 2.05) is 31.2 Å². The molecule has 1 heterocycles. The van der Waals surface area contributed by atoms with E-state index in [9.17, 15) is 9.59 Å². The Labute approximate surface area is 157 Å². The predicted octanol–water partition coefficient (Wildman–Crippen LogP) is 3.72. The highest BCUT2D eigenvalue weighted by Gasteiger charge is 2.29. The van der Waals surface area contributed by atoms with Crippen molar-refractivity contribution in [1.82, 2.24) is 15.0 Å². The van der Waals surface area contributed by atoms with Gasteiger partial charge in [0.15, 0.2) is 0 Å². The summed E-state index contributed by atoms with van der Waals surface area (Å²) in [6.45, 7) is 6.07. The number of carbonyl (C=O) groups excluding carboxylic acids is 2.